The molecule has 0 aliphatic carbocycles. The topological polar surface area (TPSA) is 68.0 Å². The monoisotopic (exact) mass is 333 g/mol. The lowest BCUT2D eigenvalue weighted by molar-refractivity contribution is 0.0997. The van der Waals surface area contributed by atoms with Gasteiger partial charge in [0.15, 0.2) is 5.76 Å². The summed E-state index contributed by atoms with van der Waals surface area (Å²) < 4.78 is 18.5. The quantitative estimate of drug-likeness (QED) is 0.607. The minimum absolute atomic E-state index is 0.153. The lowest BCUT2D eigenvalue weighted by Gasteiger charge is -2.08. The number of nitrogens with one attached hydrogen (secondary N) is 1. The molecule has 0 atom stereocenters. The van der Waals surface area contributed by atoms with E-state index in [0.717, 1.165) is 10.9 Å². The van der Waals surface area contributed by atoms with Gasteiger partial charge in [0.25, 0.3) is 5.91 Å². The smallest absolute Gasteiger partial charge is 0.292 e. The first-order chi connectivity index (χ1) is 12.2. The van der Waals surface area contributed by atoms with E-state index in [1.54, 1.807) is 48.9 Å². The minimum Gasteiger partial charge on any atom is -0.459 e. The molecule has 0 radical (unpaired) electrons. The summed E-state index contributed by atoms with van der Waals surface area (Å²) in [7, 11) is 0. The third-order valence-electron chi connectivity index (χ3n) is 3.82. The first-order valence-electron chi connectivity index (χ1n) is 7.56. The van der Waals surface area contributed by atoms with Crippen molar-refractivity contribution in [2.75, 3.05) is 5.32 Å². The molecular weight excluding hydrogens is 321 g/mol. The molecule has 0 saturated carbocycles. The summed E-state index contributed by atoms with van der Waals surface area (Å²) in [6.45, 7) is 0. The van der Waals surface area contributed by atoms with Crippen LogP contribution in [0.15, 0.2) is 71.7 Å². The average Bonchev–Trinajstić information content (AvgIpc) is 3.12. The zero-order valence-corrected chi connectivity index (χ0v) is 12.9. The third-order valence-corrected chi connectivity index (χ3v) is 3.82. The molecule has 1 aromatic carbocycles. The summed E-state index contributed by atoms with van der Waals surface area (Å²) in [5.74, 6) is -0.588. The van der Waals surface area contributed by atoms with Crippen LogP contribution in [0.4, 0.5) is 10.1 Å². The van der Waals surface area contributed by atoms with Crippen molar-refractivity contribution in [3.05, 3.63) is 78.9 Å². The molecule has 4 aromatic rings. The molecule has 3 heterocycles. The normalized spacial score (nSPS) is 10.8. The standard InChI is InChI=1S/C19H12FN3O2/c20-13-3-1-12(2-4-13)14-7-10-25-18(14)19(24)23-17-6-9-22-16-5-8-21-11-15(16)17/h1-11H,(H,22,23,24). The molecule has 3 aromatic heterocycles. The van der Waals surface area contributed by atoms with Gasteiger partial charge in [0.2, 0.25) is 0 Å². The SMILES string of the molecule is O=C(Nc1ccnc2ccncc12)c1occc1-c1ccc(F)cc1. The molecule has 0 spiro atoms. The van der Waals surface area contributed by atoms with Gasteiger partial charge in [-0.15, -0.1) is 0 Å². The molecule has 0 bridgehead atoms. The van der Waals surface area contributed by atoms with Gasteiger partial charge in [-0.1, -0.05) is 12.1 Å². The number of anilines is 1. The summed E-state index contributed by atoms with van der Waals surface area (Å²) in [5.41, 5.74) is 2.60. The molecule has 1 N–H and O–H groups in total. The van der Waals surface area contributed by atoms with Gasteiger partial charge in [-0.25, -0.2) is 4.39 Å². The maximum Gasteiger partial charge on any atom is 0.292 e. The maximum atomic E-state index is 13.1. The predicted octanol–water partition coefficient (Wildman–Crippen LogP) is 4.28. The largest absolute Gasteiger partial charge is 0.459 e. The van der Waals surface area contributed by atoms with E-state index in [2.05, 4.69) is 15.3 Å². The lowest BCUT2D eigenvalue weighted by Crippen LogP contribution is -2.12. The molecule has 0 aliphatic heterocycles. The fourth-order valence-corrected chi connectivity index (χ4v) is 2.62. The Balaban J connectivity index is 1.68. The second kappa shape index (κ2) is 6.16. The average molecular weight is 333 g/mol. The van der Waals surface area contributed by atoms with Crippen molar-refractivity contribution in [2.45, 2.75) is 0 Å². The predicted molar refractivity (Wildman–Crippen MR) is 91.6 cm³/mol. The molecule has 1 amide bonds. The van der Waals surface area contributed by atoms with Gasteiger partial charge in [0.1, 0.15) is 5.82 Å². The molecule has 0 fully saturated rings. The molecule has 6 heteroatoms. The van der Waals surface area contributed by atoms with Gasteiger partial charge >= 0.3 is 0 Å². The van der Waals surface area contributed by atoms with Crippen molar-refractivity contribution in [1.29, 1.82) is 0 Å². The summed E-state index contributed by atoms with van der Waals surface area (Å²) in [6, 6.07) is 11.0. The first kappa shape index (κ1) is 15.0. The van der Waals surface area contributed by atoms with E-state index in [0.29, 0.717) is 16.8 Å². The highest BCUT2D eigenvalue weighted by Gasteiger charge is 2.18. The van der Waals surface area contributed by atoms with Crippen molar-refractivity contribution in [1.82, 2.24) is 9.97 Å². The Bertz CT molecular complexity index is 1050. The number of nitrogens with zero attached hydrogens (tertiary/aromatic N) is 2. The Labute approximate surface area is 142 Å². The Morgan fingerprint density at radius 1 is 1.04 bits per heavy atom. The highest BCUT2D eigenvalue weighted by Crippen LogP contribution is 2.27. The summed E-state index contributed by atoms with van der Waals surface area (Å²) in [5, 5.41) is 3.55. The molecule has 0 aliphatic rings. The second-order valence-electron chi connectivity index (χ2n) is 5.38. The molecule has 0 saturated heterocycles. The number of benzene rings is 1. The van der Waals surface area contributed by atoms with E-state index in [1.807, 2.05) is 0 Å². The molecule has 0 unspecified atom stereocenters. The van der Waals surface area contributed by atoms with Crippen molar-refractivity contribution in [3.63, 3.8) is 0 Å². The number of pyridine rings is 2. The van der Waals surface area contributed by atoms with Gasteiger partial charge < -0.3 is 9.73 Å². The van der Waals surface area contributed by atoms with Gasteiger partial charge in [-0.2, -0.15) is 0 Å². The van der Waals surface area contributed by atoms with Gasteiger partial charge in [0.05, 0.1) is 17.5 Å². The van der Waals surface area contributed by atoms with Crippen molar-refractivity contribution in [2.24, 2.45) is 0 Å². The number of fused-ring (bicyclic) bond motifs is 1. The van der Waals surface area contributed by atoms with E-state index in [-0.39, 0.29) is 11.6 Å². The zero-order chi connectivity index (χ0) is 17.2. The van der Waals surface area contributed by atoms with Crippen LogP contribution in [0.3, 0.4) is 0 Å². The number of furan rings is 1. The van der Waals surface area contributed by atoms with Crippen LogP contribution in [0.1, 0.15) is 10.6 Å². The minimum atomic E-state index is -0.402. The zero-order valence-electron chi connectivity index (χ0n) is 12.9. The lowest BCUT2D eigenvalue weighted by atomic mass is 10.1. The number of aromatic nitrogens is 2. The van der Waals surface area contributed by atoms with E-state index in [4.69, 9.17) is 4.42 Å². The summed E-state index contributed by atoms with van der Waals surface area (Å²) in [4.78, 5) is 21.0. The highest BCUT2D eigenvalue weighted by atomic mass is 19.1. The molecule has 25 heavy (non-hydrogen) atoms. The van der Waals surface area contributed by atoms with E-state index in [9.17, 15) is 9.18 Å². The van der Waals surface area contributed by atoms with Gasteiger partial charge in [0, 0.05) is 29.5 Å². The highest BCUT2D eigenvalue weighted by molar-refractivity contribution is 6.10. The fourth-order valence-electron chi connectivity index (χ4n) is 2.62. The summed E-state index contributed by atoms with van der Waals surface area (Å²) >= 11 is 0. The van der Waals surface area contributed by atoms with Crippen LogP contribution in [0, 0.1) is 5.82 Å². The van der Waals surface area contributed by atoms with Crippen LogP contribution >= 0.6 is 0 Å². The fraction of sp³-hybridized carbons (Fsp3) is 0. The molecule has 4 rings (SSSR count). The summed E-state index contributed by atoms with van der Waals surface area (Å²) in [6.07, 6.45) is 6.32. The van der Waals surface area contributed by atoms with Gasteiger partial charge in [-0.3, -0.25) is 14.8 Å². The number of halogens is 1. The number of carbonyl (C=O) groups excluding carboxylic acids is 1. The van der Waals surface area contributed by atoms with Crippen molar-refractivity contribution >= 4 is 22.5 Å². The van der Waals surface area contributed by atoms with E-state index >= 15 is 0 Å². The Morgan fingerprint density at radius 2 is 1.88 bits per heavy atom. The first-order valence-corrected chi connectivity index (χ1v) is 7.56. The molecule has 5 nitrogen and oxygen atoms in total. The van der Waals surface area contributed by atoms with Crippen molar-refractivity contribution < 1.29 is 13.6 Å². The molecule has 122 valence electrons. The van der Waals surface area contributed by atoms with E-state index < -0.39 is 5.91 Å². The van der Waals surface area contributed by atoms with Crippen LogP contribution in [-0.4, -0.2) is 15.9 Å². The Hall–Kier alpha value is -3.54. The van der Waals surface area contributed by atoms with E-state index in [1.165, 1.54) is 18.4 Å². The van der Waals surface area contributed by atoms with Crippen LogP contribution in [0.25, 0.3) is 22.0 Å². The number of hydrogen-bond acceptors (Lipinski definition) is 4. The Kier molecular flexibility index (Phi) is 3.70. The second-order valence-corrected chi connectivity index (χ2v) is 5.38. The van der Waals surface area contributed by atoms with Crippen LogP contribution in [-0.2, 0) is 0 Å². The Morgan fingerprint density at radius 3 is 2.72 bits per heavy atom. The molecular formula is C19H12FN3O2. The van der Waals surface area contributed by atoms with Crippen LogP contribution < -0.4 is 5.32 Å². The maximum absolute atomic E-state index is 13.1. The number of amides is 1. The van der Waals surface area contributed by atoms with Crippen LogP contribution in [0.5, 0.6) is 0 Å². The van der Waals surface area contributed by atoms with Crippen molar-refractivity contribution in [3.8, 4) is 11.1 Å². The van der Waals surface area contributed by atoms with Gasteiger partial charge in [-0.05, 0) is 35.9 Å². The number of rotatable bonds is 3. The number of carbonyl (C=O) groups is 1. The number of hydrogen-bond donors (Lipinski definition) is 1. The third kappa shape index (κ3) is 2.85. The van der Waals surface area contributed by atoms with Crippen LogP contribution in [0.2, 0.25) is 0 Å².